The smallest absolute Gasteiger partial charge is 0.134 e. The fourth-order valence-electron chi connectivity index (χ4n) is 6.41. The average Bonchev–Trinajstić information content (AvgIpc) is 2.45. The molecule has 6 atom stereocenters. The van der Waals surface area contributed by atoms with Crippen molar-refractivity contribution < 1.29 is 14.6 Å². The number of Topliss-reactive ketones (excluding diaryl/α,β-unsaturated/α-hetero) is 1. The fraction of sp³-hybridized carbons (Fsp3) is 0.850. The van der Waals surface area contributed by atoms with Crippen molar-refractivity contribution in [2.45, 2.75) is 77.4 Å². The highest BCUT2D eigenvalue weighted by Gasteiger charge is 2.63. The predicted octanol–water partition coefficient (Wildman–Crippen LogP) is 3.89. The average molecular weight is 320 g/mol. The van der Waals surface area contributed by atoms with E-state index in [9.17, 15) is 9.90 Å². The van der Waals surface area contributed by atoms with Gasteiger partial charge in [0.2, 0.25) is 0 Å². The lowest BCUT2D eigenvalue weighted by molar-refractivity contribution is -0.253. The molecule has 0 amide bonds. The number of aliphatic hydroxyl groups is 1. The number of ketones is 1. The number of carbonyl (C=O) groups is 1. The quantitative estimate of drug-likeness (QED) is 0.785. The Morgan fingerprint density at radius 3 is 2.43 bits per heavy atom. The molecule has 2 aliphatic carbocycles. The summed E-state index contributed by atoms with van der Waals surface area (Å²) in [7, 11) is 0. The zero-order chi connectivity index (χ0) is 17.1. The molecule has 1 saturated heterocycles. The maximum absolute atomic E-state index is 12.5. The van der Waals surface area contributed by atoms with Crippen LogP contribution in [-0.4, -0.2) is 28.7 Å². The van der Waals surface area contributed by atoms with Gasteiger partial charge in [0.15, 0.2) is 0 Å². The molecule has 0 spiro atoms. The number of hydrogen-bond acceptors (Lipinski definition) is 3. The Labute approximate surface area is 140 Å². The number of ether oxygens (including phenoxy) is 1. The maximum Gasteiger partial charge on any atom is 0.134 e. The van der Waals surface area contributed by atoms with Crippen molar-refractivity contribution in [3.63, 3.8) is 0 Å². The van der Waals surface area contributed by atoms with E-state index in [1.165, 1.54) is 0 Å². The van der Waals surface area contributed by atoms with Crippen LogP contribution in [0.3, 0.4) is 0 Å². The van der Waals surface area contributed by atoms with Gasteiger partial charge >= 0.3 is 0 Å². The Morgan fingerprint density at radius 1 is 1.17 bits per heavy atom. The van der Waals surface area contributed by atoms with Gasteiger partial charge in [-0.05, 0) is 56.8 Å². The molecular weight excluding hydrogens is 288 g/mol. The van der Waals surface area contributed by atoms with Crippen LogP contribution in [0.2, 0.25) is 0 Å². The van der Waals surface area contributed by atoms with Crippen molar-refractivity contribution in [2.24, 2.45) is 22.7 Å². The van der Waals surface area contributed by atoms with Gasteiger partial charge in [0.25, 0.3) is 0 Å². The second-order valence-electron chi connectivity index (χ2n) is 9.32. The minimum absolute atomic E-state index is 0.0671. The molecule has 130 valence electrons. The molecular formula is C20H32O3. The van der Waals surface area contributed by atoms with E-state index in [1.807, 2.05) is 6.08 Å². The third-order valence-electron chi connectivity index (χ3n) is 7.47. The highest BCUT2D eigenvalue weighted by Crippen LogP contribution is 2.64. The first-order valence-corrected chi connectivity index (χ1v) is 9.07. The summed E-state index contributed by atoms with van der Waals surface area (Å²) in [6, 6.07) is 0. The Morgan fingerprint density at radius 2 is 1.83 bits per heavy atom. The molecule has 3 nitrogen and oxygen atoms in total. The van der Waals surface area contributed by atoms with Gasteiger partial charge in [0, 0.05) is 24.9 Å². The topological polar surface area (TPSA) is 46.5 Å². The summed E-state index contributed by atoms with van der Waals surface area (Å²) < 4.78 is 6.57. The molecule has 3 aliphatic rings. The number of rotatable bonds is 2. The molecule has 1 heterocycles. The zero-order valence-corrected chi connectivity index (χ0v) is 15.2. The fourth-order valence-corrected chi connectivity index (χ4v) is 6.41. The lowest BCUT2D eigenvalue weighted by Gasteiger charge is -2.64. The van der Waals surface area contributed by atoms with Crippen LogP contribution in [0.1, 0.15) is 66.2 Å². The monoisotopic (exact) mass is 320 g/mol. The first-order valence-electron chi connectivity index (χ1n) is 9.07. The Hall–Kier alpha value is -0.670. The zero-order valence-electron chi connectivity index (χ0n) is 15.2. The maximum atomic E-state index is 12.5. The molecule has 0 aromatic rings. The van der Waals surface area contributed by atoms with E-state index >= 15 is 0 Å². The van der Waals surface area contributed by atoms with E-state index in [1.54, 1.807) is 0 Å². The normalized spacial score (nSPS) is 53.3. The number of hydrogen-bond donors (Lipinski definition) is 1. The summed E-state index contributed by atoms with van der Waals surface area (Å²) in [5.41, 5.74) is -0.791. The summed E-state index contributed by atoms with van der Waals surface area (Å²) in [6.45, 7) is 12.8. The molecule has 2 saturated carbocycles. The minimum Gasteiger partial charge on any atom is -0.396 e. The molecule has 0 aromatic heterocycles. The van der Waals surface area contributed by atoms with Crippen LogP contribution < -0.4 is 0 Å². The Balaban J connectivity index is 1.99. The first-order chi connectivity index (χ1) is 10.6. The van der Waals surface area contributed by atoms with Gasteiger partial charge in [-0.2, -0.15) is 0 Å². The lowest BCUT2D eigenvalue weighted by Crippen LogP contribution is -2.64. The highest BCUT2D eigenvalue weighted by atomic mass is 16.5. The van der Waals surface area contributed by atoms with Gasteiger partial charge in [-0.25, -0.2) is 0 Å². The molecule has 0 unspecified atom stereocenters. The molecule has 1 aliphatic heterocycles. The molecule has 3 rings (SSSR count). The number of fused-ring (bicyclic) bond motifs is 3. The number of aliphatic hydroxyl groups excluding tert-OH is 1. The molecule has 3 heteroatoms. The third kappa shape index (κ3) is 2.42. The molecule has 3 fully saturated rings. The summed E-state index contributed by atoms with van der Waals surface area (Å²) in [5, 5.41) is 10.0. The second kappa shape index (κ2) is 5.16. The van der Waals surface area contributed by atoms with Gasteiger partial charge in [0.1, 0.15) is 5.78 Å². The van der Waals surface area contributed by atoms with Crippen molar-refractivity contribution in [1.29, 1.82) is 0 Å². The molecule has 0 radical (unpaired) electrons. The van der Waals surface area contributed by atoms with Gasteiger partial charge in [-0.15, -0.1) is 6.58 Å². The first kappa shape index (κ1) is 17.2. The van der Waals surface area contributed by atoms with Crippen LogP contribution >= 0.6 is 0 Å². The third-order valence-corrected chi connectivity index (χ3v) is 7.47. The van der Waals surface area contributed by atoms with Crippen LogP contribution in [0.25, 0.3) is 0 Å². The van der Waals surface area contributed by atoms with Gasteiger partial charge < -0.3 is 9.84 Å². The van der Waals surface area contributed by atoms with E-state index in [2.05, 4.69) is 34.3 Å². The van der Waals surface area contributed by atoms with Crippen molar-refractivity contribution >= 4 is 5.78 Å². The molecule has 0 aromatic carbocycles. The lowest BCUT2D eigenvalue weighted by atomic mass is 9.44. The molecule has 1 N–H and O–H groups in total. The van der Waals surface area contributed by atoms with E-state index < -0.39 is 0 Å². The summed E-state index contributed by atoms with van der Waals surface area (Å²) in [6.07, 6.45) is 7.17. The van der Waals surface area contributed by atoms with Gasteiger partial charge in [-0.1, -0.05) is 19.9 Å². The van der Waals surface area contributed by atoms with E-state index in [0.717, 1.165) is 25.7 Å². The minimum atomic E-state index is -0.273. The van der Waals surface area contributed by atoms with Crippen molar-refractivity contribution in [3.8, 4) is 0 Å². The Kier molecular flexibility index (Phi) is 3.85. The summed E-state index contributed by atoms with van der Waals surface area (Å²) >= 11 is 0. The van der Waals surface area contributed by atoms with Crippen molar-refractivity contribution in [2.75, 3.05) is 6.61 Å². The van der Waals surface area contributed by atoms with E-state index in [4.69, 9.17) is 4.74 Å². The van der Waals surface area contributed by atoms with Crippen LogP contribution in [0.15, 0.2) is 12.7 Å². The summed E-state index contributed by atoms with van der Waals surface area (Å²) in [5.74, 6) is 1.07. The highest BCUT2D eigenvalue weighted by molar-refractivity contribution is 5.81. The van der Waals surface area contributed by atoms with Crippen LogP contribution in [-0.2, 0) is 9.53 Å². The predicted molar refractivity (Wildman–Crippen MR) is 91.1 cm³/mol. The largest absolute Gasteiger partial charge is 0.396 e. The second-order valence-corrected chi connectivity index (χ2v) is 9.32. The Bertz CT molecular complexity index is 529. The van der Waals surface area contributed by atoms with E-state index in [0.29, 0.717) is 30.5 Å². The van der Waals surface area contributed by atoms with Crippen LogP contribution in [0, 0.1) is 22.7 Å². The molecule has 23 heavy (non-hydrogen) atoms. The van der Waals surface area contributed by atoms with Gasteiger partial charge in [0.05, 0.1) is 11.2 Å². The van der Waals surface area contributed by atoms with E-state index in [-0.39, 0.29) is 28.6 Å². The van der Waals surface area contributed by atoms with Crippen molar-refractivity contribution in [3.05, 3.63) is 12.7 Å². The molecule has 0 bridgehead atoms. The van der Waals surface area contributed by atoms with Crippen molar-refractivity contribution in [1.82, 2.24) is 0 Å². The standard InChI is InChI=1S/C20H32O3/c1-6-18(3)9-7-16-19(4)12-14(22)11-17(2,13-21)15(19)8-10-20(16,5)23-18/h6,15-16,21H,1,7-13H2,2-5H3/t15-,16-,17-,18+,19+,20-/m1/s1. The number of carbonyl (C=O) groups excluding carboxylic acids is 1. The van der Waals surface area contributed by atoms with Crippen LogP contribution in [0.5, 0.6) is 0 Å². The SMILES string of the molecule is C=C[C@@]1(C)CC[C@@H]2[C@@]3(C)CC(=O)C[C@](C)(CO)[C@H]3CC[C@@]2(C)O1. The van der Waals surface area contributed by atoms with Gasteiger partial charge in [-0.3, -0.25) is 4.79 Å². The van der Waals surface area contributed by atoms with Crippen LogP contribution in [0.4, 0.5) is 0 Å². The summed E-state index contributed by atoms with van der Waals surface area (Å²) in [4.78, 5) is 12.5.